The van der Waals surface area contributed by atoms with Gasteiger partial charge in [0.25, 0.3) is 0 Å². The third kappa shape index (κ3) is 4.57. The van der Waals surface area contributed by atoms with Gasteiger partial charge in [-0.3, -0.25) is 0 Å². The van der Waals surface area contributed by atoms with E-state index in [0.717, 1.165) is 17.7 Å². The Morgan fingerprint density at radius 2 is 1.90 bits per heavy atom. The Labute approximate surface area is 125 Å². The van der Waals surface area contributed by atoms with E-state index in [1.807, 2.05) is 18.2 Å². The van der Waals surface area contributed by atoms with E-state index in [9.17, 15) is 4.39 Å². The van der Waals surface area contributed by atoms with Crippen LogP contribution in [0.3, 0.4) is 0 Å². The highest BCUT2D eigenvalue weighted by Gasteiger charge is 2.12. The molecule has 1 unspecified atom stereocenters. The fraction of sp³-hybridized carbons (Fsp3) is 0.333. The molecule has 0 fully saturated rings. The van der Waals surface area contributed by atoms with Crippen LogP contribution in [0, 0.1) is 5.82 Å². The van der Waals surface area contributed by atoms with Crippen LogP contribution in [-0.2, 0) is 6.42 Å². The first kappa shape index (κ1) is 15.5. The third-order valence-corrected chi connectivity index (χ3v) is 3.46. The smallest absolute Gasteiger partial charge is 0.136 e. The van der Waals surface area contributed by atoms with Crippen molar-refractivity contribution in [2.45, 2.75) is 32.3 Å². The molecule has 0 bridgehead atoms. The summed E-state index contributed by atoms with van der Waals surface area (Å²) >= 11 is 0. The van der Waals surface area contributed by atoms with Crippen molar-refractivity contribution < 1.29 is 9.13 Å². The number of halogens is 1. The molecule has 0 saturated carbocycles. The van der Waals surface area contributed by atoms with Crippen molar-refractivity contribution >= 4 is 0 Å². The predicted molar refractivity (Wildman–Crippen MR) is 83.9 cm³/mol. The van der Waals surface area contributed by atoms with Crippen LogP contribution in [0.5, 0.6) is 5.75 Å². The zero-order valence-electron chi connectivity index (χ0n) is 12.4. The molecule has 3 heteroatoms. The molecule has 2 N–H and O–H groups in total. The van der Waals surface area contributed by atoms with Gasteiger partial charge in [-0.2, -0.15) is 0 Å². The second-order valence-electron chi connectivity index (χ2n) is 5.14. The normalized spacial score (nSPS) is 12.1. The lowest BCUT2D eigenvalue weighted by molar-refractivity contribution is 0.213. The zero-order valence-corrected chi connectivity index (χ0v) is 12.4. The van der Waals surface area contributed by atoms with Gasteiger partial charge in [-0.15, -0.1) is 0 Å². The van der Waals surface area contributed by atoms with Gasteiger partial charge in [-0.05, 0) is 48.2 Å². The molecule has 0 aliphatic carbocycles. The van der Waals surface area contributed by atoms with E-state index in [1.54, 1.807) is 6.07 Å². The van der Waals surface area contributed by atoms with Crippen LogP contribution >= 0.6 is 0 Å². The maximum Gasteiger partial charge on any atom is 0.136 e. The Morgan fingerprint density at radius 1 is 1.14 bits per heavy atom. The monoisotopic (exact) mass is 287 g/mol. The lowest BCUT2D eigenvalue weighted by atomic mass is 10.1. The van der Waals surface area contributed by atoms with Crippen LogP contribution in [0.2, 0.25) is 0 Å². The van der Waals surface area contributed by atoms with Crippen LogP contribution < -0.4 is 10.5 Å². The van der Waals surface area contributed by atoms with Crippen molar-refractivity contribution in [3.8, 4) is 5.75 Å². The van der Waals surface area contributed by atoms with Crippen LogP contribution in [-0.4, -0.2) is 6.54 Å². The quantitative estimate of drug-likeness (QED) is 0.826. The summed E-state index contributed by atoms with van der Waals surface area (Å²) in [5, 5.41) is 0. The Kier molecular flexibility index (Phi) is 5.76. The van der Waals surface area contributed by atoms with Gasteiger partial charge < -0.3 is 10.5 Å². The molecule has 0 saturated heterocycles. The van der Waals surface area contributed by atoms with Crippen LogP contribution in [0.1, 0.15) is 37.0 Å². The van der Waals surface area contributed by atoms with Gasteiger partial charge in [0, 0.05) is 6.54 Å². The molecule has 0 heterocycles. The topological polar surface area (TPSA) is 35.2 Å². The number of benzene rings is 2. The molecule has 0 radical (unpaired) electrons. The molecule has 2 aromatic carbocycles. The van der Waals surface area contributed by atoms with Crippen molar-refractivity contribution in [1.82, 2.24) is 0 Å². The minimum Gasteiger partial charge on any atom is -0.484 e. The number of aryl methyl sites for hydroxylation is 1. The molecule has 2 aromatic rings. The summed E-state index contributed by atoms with van der Waals surface area (Å²) in [5.41, 5.74) is 7.81. The molecular formula is C18H22FNO. The van der Waals surface area contributed by atoms with Crippen LogP contribution in [0.4, 0.5) is 4.39 Å². The summed E-state index contributed by atoms with van der Waals surface area (Å²) in [4.78, 5) is 0. The van der Waals surface area contributed by atoms with Crippen LogP contribution in [0.25, 0.3) is 0 Å². The molecule has 112 valence electrons. The molecule has 2 rings (SSSR count). The van der Waals surface area contributed by atoms with E-state index >= 15 is 0 Å². The summed E-state index contributed by atoms with van der Waals surface area (Å²) in [7, 11) is 0. The summed E-state index contributed by atoms with van der Waals surface area (Å²) in [6.07, 6.45) is 3.13. The van der Waals surface area contributed by atoms with E-state index in [0.29, 0.717) is 6.54 Å². The molecule has 0 aromatic heterocycles. The summed E-state index contributed by atoms with van der Waals surface area (Å²) < 4.78 is 19.2. The van der Waals surface area contributed by atoms with Crippen molar-refractivity contribution in [3.63, 3.8) is 0 Å². The highest BCUT2D eigenvalue weighted by Crippen LogP contribution is 2.22. The molecule has 0 aliphatic heterocycles. The Balaban J connectivity index is 2.04. The standard InChI is InChI=1S/C18H22FNO/c1-2-3-5-14-8-10-17(11-9-14)21-18(13-20)15-6-4-7-16(19)12-15/h4,6-12,18H,2-3,5,13,20H2,1H3. The van der Waals surface area contributed by atoms with Crippen molar-refractivity contribution in [2.75, 3.05) is 6.54 Å². The summed E-state index contributed by atoms with van der Waals surface area (Å²) in [5.74, 6) is 0.486. The van der Waals surface area contributed by atoms with Gasteiger partial charge >= 0.3 is 0 Å². The summed E-state index contributed by atoms with van der Waals surface area (Å²) in [6.45, 7) is 2.49. The maximum atomic E-state index is 13.3. The van der Waals surface area contributed by atoms with Gasteiger partial charge in [0.15, 0.2) is 0 Å². The largest absolute Gasteiger partial charge is 0.484 e. The number of nitrogens with two attached hydrogens (primary N) is 1. The highest BCUT2D eigenvalue weighted by atomic mass is 19.1. The lowest BCUT2D eigenvalue weighted by Crippen LogP contribution is -2.18. The van der Waals surface area contributed by atoms with E-state index in [1.165, 1.54) is 30.5 Å². The average molecular weight is 287 g/mol. The molecule has 0 spiro atoms. The Morgan fingerprint density at radius 3 is 2.52 bits per heavy atom. The van der Waals surface area contributed by atoms with E-state index in [4.69, 9.17) is 10.5 Å². The Hall–Kier alpha value is -1.87. The number of unbranched alkanes of at least 4 members (excludes halogenated alkanes) is 1. The number of ether oxygens (including phenoxy) is 1. The van der Waals surface area contributed by atoms with Gasteiger partial charge in [0.1, 0.15) is 17.7 Å². The molecule has 0 amide bonds. The van der Waals surface area contributed by atoms with Crippen molar-refractivity contribution in [3.05, 3.63) is 65.5 Å². The van der Waals surface area contributed by atoms with Crippen LogP contribution in [0.15, 0.2) is 48.5 Å². The first-order valence-electron chi connectivity index (χ1n) is 7.44. The SMILES string of the molecule is CCCCc1ccc(OC(CN)c2cccc(F)c2)cc1. The first-order chi connectivity index (χ1) is 10.2. The predicted octanol–water partition coefficient (Wildman–Crippen LogP) is 4.25. The fourth-order valence-corrected chi connectivity index (χ4v) is 2.24. The maximum absolute atomic E-state index is 13.3. The second kappa shape index (κ2) is 7.79. The van der Waals surface area contributed by atoms with E-state index < -0.39 is 0 Å². The molecule has 0 aliphatic rings. The third-order valence-electron chi connectivity index (χ3n) is 3.46. The molecule has 2 nitrogen and oxygen atoms in total. The molecule has 21 heavy (non-hydrogen) atoms. The zero-order chi connectivity index (χ0) is 15.1. The number of hydrogen-bond donors (Lipinski definition) is 1. The van der Waals surface area contributed by atoms with Gasteiger partial charge in [0.2, 0.25) is 0 Å². The van der Waals surface area contributed by atoms with Crippen molar-refractivity contribution in [2.24, 2.45) is 5.73 Å². The lowest BCUT2D eigenvalue weighted by Gasteiger charge is -2.18. The van der Waals surface area contributed by atoms with E-state index in [2.05, 4.69) is 19.1 Å². The minimum absolute atomic E-state index is 0.274. The molecule has 1 atom stereocenters. The number of hydrogen-bond acceptors (Lipinski definition) is 2. The summed E-state index contributed by atoms with van der Waals surface area (Å²) in [6, 6.07) is 14.4. The Bertz CT molecular complexity index is 553. The first-order valence-corrected chi connectivity index (χ1v) is 7.44. The number of rotatable bonds is 7. The molecular weight excluding hydrogens is 265 g/mol. The second-order valence-corrected chi connectivity index (χ2v) is 5.14. The van der Waals surface area contributed by atoms with Crippen molar-refractivity contribution in [1.29, 1.82) is 0 Å². The van der Waals surface area contributed by atoms with Gasteiger partial charge in [-0.25, -0.2) is 4.39 Å². The highest BCUT2D eigenvalue weighted by molar-refractivity contribution is 5.29. The fourth-order valence-electron chi connectivity index (χ4n) is 2.24. The van der Waals surface area contributed by atoms with Gasteiger partial charge in [0.05, 0.1) is 0 Å². The average Bonchev–Trinajstić information content (AvgIpc) is 2.51. The minimum atomic E-state index is -0.331. The van der Waals surface area contributed by atoms with E-state index in [-0.39, 0.29) is 11.9 Å². The van der Waals surface area contributed by atoms with Gasteiger partial charge in [-0.1, -0.05) is 37.6 Å².